The van der Waals surface area contributed by atoms with Crippen molar-refractivity contribution in [1.82, 2.24) is 0 Å². The third-order valence-corrected chi connectivity index (χ3v) is 4.47. The topological polar surface area (TPSA) is 30.8 Å². The van der Waals surface area contributed by atoms with Crippen LogP contribution in [0.2, 0.25) is 0 Å². The van der Waals surface area contributed by atoms with Crippen molar-refractivity contribution < 1.29 is 9.47 Å². The summed E-state index contributed by atoms with van der Waals surface area (Å²) in [6, 6.07) is 14.3. The van der Waals surface area contributed by atoms with Crippen molar-refractivity contribution in [3.63, 3.8) is 0 Å². The van der Waals surface area contributed by atoms with Crippen LogP contribution in [0.25, 0.3) is 6.08 Å². The average Bonchev–Trinajstić information content (AvgIpc) is 3.35. The molecule has 0 saturated heterocycles. The first-order chi connectivity index (χ1) is 11.8. The number of fused-ring (bicyclic) bond motifs is 1. The van der Waals surface area contributed by atoms with E-state index in [1.54, 1.807) is 7.11 Å². The Labute approximate surface area is 142 Å². The number of para-hydroxylation sites is 2. The Balaban J connectivity index is 1.55. The van der Waals surface area contributed by atoms with Gasteiger partial charge >= 0.3 is 0 Å². The zero-order chi connectivity index (χ0) is 16.4. The number of methoxy groups -OCH3 is 1. The first-order valence-corrected chi connectivity index (χ1v) is 8.47. The zero-order valence-corrected chi connectivity index (χ0v) is 13.9. The van der Waals surface area contributed by atoms with Crippen LogP contribution in [0, 0.1) is 5.92 Å². The first-order valence-electron chi connectivity index (χ1n) is 8.47. The molecule has 3 heteroatoms. The highest BCUT2D eigenvalue weighted by Crippen LogP contribution is 2.36. The second-order valence-corrected chi connectivity index (χ2v) is 6.37. The van der Waals surface area contributed by atoms with Crippen LogP contribution in [0.15, 0.2) is 53.5 Å². The van der Waals surface area contributed by atoms with Gasteiger partial charge in [0.25, 0.3) is 0 Å². The third-order valence-electron chi connectivity index (χ3n) is 4.47. The van der Waals surface area contributed by atoms with Crippen LogP contribution < -0.4 is 9.47 Å². The summed E-state index contributed by atoms with van der Waals surface area (Å²) in [7, 11) is 1.69. The molecule has 1 aliphatic carbocycles. The maximum atomic E-state index is 6.04. The quantitative estimate of drug-likeness (QED) is 0.764. The summed E-state index contributed by atoms with van der Waals surface area (Å²) in [6.45, 7) is 0.771. The molecule has 0 N–H and O–H groups in total. The highest BCUT2D eigenvalue weighted by atomic mass is 16.5. The first kappa shape index (κ1) is 15.0. The van der Waals surface area contributed by atoms with Crippen molar-refractivity contribution in [2.24, 2.45) is 10.9 Å². The van der Waals surface area contributed by atoms with Gasteiger partial charge in [-0.25, -0.2) is 0 Å². The van der Waals surface area contributed by atoms with E-state index < -0.39 is 0 Å². The lowest BCUT2D eigenvalue weighted by Crippen LogP contribution is -2.02. The van der Waals surface area contributed by atoms with Gasteiger partial charge in [-0.15, -0.1) is 0 Å². The van der Waals surface area contributed by atoms with E-state index in [9.17, 15) is 0 Å². The molecule has 0 radical (unpaired) electrons. The molecular weight excluding hydrogens is 298 g/mol. The molecule has 2 aromatic rings. The van der Waals surface area contributed by atoms with E-state index in [4.69, 9.17) is 9.47 Å². The normalized spacial score (nSPS) is 16.1. The molecule has 1 heterocycles. The molecule has 0 bridgehead atoms. The number of allylic oxidation sites excluding steroid dienone is 1. The molecule has 2 aliphatic rings. The van der Waals surface area contributed by atoms with Gasteiger partial charge in [0.1, 0.15) is 0 Å². The van der Waals surface area contributed by atoms with Crippen LogP contribution in [0.3, 0.4) is 0 Å². The van der Waals surface area contributed by atoms with E-state index in [1.807, 2.05) is 18.2 Å². The maximum Gasteiger partial charge on any atom is 0.168 e. The molecule has 24 heavy (non-hydrogen) atoms. The standard InChI is InChI=1S/C21H21NO2/c1-23-20-8-4-6-16(21(20)24-14-15-9-10-15)11-12-18-13-17-5-2-3-7-19(17)22-18/h2-8,11-12,15H,9-10,13-14H2,1H3/b12-11+. The highest BCUT2D eigenvalue weighted by Gasteiger charge is 2.23. The molecular formula is C21H21NO2. The molecule has 0 amide bonds. The molecule has 1 aliphatic heterocycles. The summed E-state index contributed by atoms with van der Waals surface area (Å²) in [6.07, 6.45) is 7.59. The minimum absolute atomic E-state index is 0.709. The van der Waals surface area contributed by atoms with Crippen LogP contribution in [0.4, 0.5) is 5.69 Å². The number of nitrogens with zero attached hydrogens (tertiary/aromatic N) is 1. The molecule has 1 fully saturated rings. The van der Waals surface area contributed by atoms with Crippen LogP contribution in [-0.2, 0) is 6.42 Å². The maximum absolute atomic E-state index is 6.04. The summed E-state index contributed by atoms with van der Waals surface area (Å²) in [5.74, 6) is 2.33. The summed E-state index contributed by atoms with van der Waals surface area (Å²) in [5, 5.41) is 0. The van der Waals surface area contributed by atoms with Gasteiger partial charge in [0, 0.05) is 17.7 Å². The number of rotatable bonds is 6. The second kappa shape index (κ2) is 6.52. The minimum atomic E-state index is 0.709. The average molecular weight is 319 g/mol. The Morgan fingerprint density at radius 1 is 1.08 bits per heavy atom. The Bertz CT molecular complexity index is 803. The van der Waals surface area contributed by atoms with E-state index in [0.29, 0.717) is 5.92 Å². The fourth-order valence-corrected chi connectivity index (χ4v) is 2.91. The smallest absolute Gasteiger partial charge is 0.168 e. The molecule has 0 atom stereocenters. The van der Waals surface area contributed by atoms with Crippen molar-refractivity contribution in [1.29, 1.82) is 0 Å². The highest BCUT2D eigenvalue weighted by molar-refractivity contribution is 6.04. The van der Waals surface area contributed by atoms with Crippen molar-refractivity contribution in [2.45, 2.75) is 19.3 Å². The molecule has 2 aromatic carbocycles. The Morgan fingerprint density at radius 3 is 2.75 bits per heavy atom. The summed E-state index contributed by atoms with van der Waals surface area (Å²) >= 11 is 0. The van der Waals surface area contributed by atoms with E-state index in [-0.39, 0.29) is 0 Å². The fourth-order valence-electron chi connectivity index (χ4n) is 2.91. The number of aliphatic imine (C=N–C) groups is 1. The van der Waals surface area contributed by atoms with Crippen molar-refractivity contribution in [3.05, 3.63) is 59.7 Å². The van der Waals surface area contributed by atoms with E-state index in [0.717, 1.165) is 41.5 Å². The van der Waals surface area contributed by atoms with Crippen molar-refractivity contribution in [3.8, 4) is 11.5 Å². The Morgan fingerprint density at radius 2 is 1.96 bits per heavy atom. The van der Waals surface area contributed by atoms with Gasteiger partial charge in [-0.3, -0.25) is 4.99 Å². The SMILES string of the molecule is COc1cccc(/C=C/C2=Nc3ccccc3C2)c1OCC1CC1. The van der Waals surface area contributed by atoms with Crippen LogP contribution in [0.5, 0.6) is 11.5 Å². The number of ether oxygens (including phenoxy) is 2. The molecule has 1 saturated carbocycles. The van der Waals surface area contributed by atoms with Gasteiger partial charge < -0.3 is 9.47 Å². The largest absolute Gasteiger partial charge is 0.493 e. The fraction of sp³-hybridized carbons (Fsp3) is 0.286. The lowest BCUT2D eigenvalue weighted by molar-refractivity contribution is 0.280. The van der Waals surface area contributed by atoms with Gasteiger partial charge in [0.05, 0.1) is 19.4 Å². The summed E-state index contributed by atoms with van der Waals surface area (Å²) in [4.78, 5) is 4.68. The van der Waals surface area contributed by atoms with Crippen molar-refractivity contribution >= 4 is 17.5 Å². The van der Waals surface area contributed by atoms with Crippen LogP contribution >= 0.6 is 0 Å². The summed E-state index contributed by atoms with van der Waals surface area (Å²) < 4.78 is 11.5. The molecule has 0 unspecified atom stereocenters. The monoisotopic (exact) mass is 319 g/mol. The molecule has 4 rings (SSSR count). The van der Waals surface area contributed by atoms with Crippen molar-refractivity contribution in [2.75, 3.05) is 13.7 Å². The van der Waals surface area contributed by atoms with Gasteiger partial charge in [-0.2, -0.15) is 0 Å². The predicted molar refractivity (Wildman–Crippen MR) is 97.5 cm³/mol. The lowest BCUT2D eigenvalue weighted by Gasteiger charge is -2.13. The predicted octanol–water partition coefficient (Wildman–Crippen LogP) is 4.83. The van der Waals surface area contributed by atoms with E-state index in [1.165, 1.54) is 18.4 Å². The van der Waals surface area contributed by atoms with Gasteiger partial charge in [0.15, 0.2) is 11.5 Å². The lowest BCUT2D eigenvalue weighted by atomic mass is 10.1. The van der Waals surface area contributed by atoms with Gasteiger partial charge in [-0.1, -0.05) is 30.3 Å². The Hall–Kier alpha value is -2.55. The Kier molecular flexibility index (Phi) is 4.08. The minimum Gasteiger partial charge on any atom is -0.493 e. The van der Waals surface area contributed by atoms with E-state index >= 15 is 0 Å². The molecule has 122 valence electrons. The molecule has 0 aromatic heterocycles. The molecule has 3 nitrogen and oxygen atoms in total. The zero-order valence-electron chi connectivity index (χ0n) is 13.9. The summed E-state index contributed by atoms with van der Waals surface area (Å²) in [5.41, 5.74) is 4.47. The number of hydrogen-bond acceptors (Lipinski definition) is 3. The number of benzene rings is 2. The second-order valence-electron chi connectivity index (χ2n) is 6.37. The molecule has 0 spiro atoms. The van der Waals surface area contributed by atoms with Gasteiger partial charge in [-0.05, 0) is 48.6 Å². The number of hydrogen-bond donors (Lipinski definition) is 0. The van der Waals surface area contributed by atoms with Gasteiger partial charge in [0.2, 0.25) is 0 Å². The third kappa shape index (κ3) is 3.21. The van der Waals surface area contributed by atoms with Crippen LogP contribution in [0.1, 0.15) is 24.0 Å². The van der Waals surface area contributed by atoms with Crippen LogP contribution in [-0.4, -0.2) is 19.4 Å². The van der Waals surface area contributed by atoms with E-state index in [2.05, 4.69) is 41.4 Å².